The lowest BCUT2D eigenvalue weighted by Crippen LogP contribution is -2.37. The molecular weight excluding hydrogens is 260 g/mol. The van der Waals surface area contributed by atoms with E-state index in [0.29, 0.717) is 12.5 Å². The van der Waals surface area contributed by atoms with Crippen molar-refractivity contribution in [3.63, 3.8) is 0 Å². The minimum absolute atomic E-state index is 0. The Morgan fingerprint density at radius 3 is 3.00 bits per heavy atom. The summed E-state index contributed by atoms with van der Waals surface area (Å²) in [5.41, 5.74) is 2.49. The maximum absolute atomic E-state index is 11.7. The molecule has 1 unspecified atom stereocenters. The lowest BCUT2D eigenvalue weighted by Gasteiger charge is -2.11. The third-order valence-corrected chi connectivity index (χ3v) is 3.43. The Labute approximate surface area is 121 Å². The zero-order chi connectivity index (χ0) is 12.8. The molecule has 4 heteroatoms. The van der Waals surface area contributed by atoms with Crippen LogP contribution in [0.2, 0.25) is 0 Å². The van der Waals surface area contributed by atoms with Crippen LogP contribution in [0.4, 0.5) is 0 Å². The zero-order valence-corrected chi connectivity index (χ0v) is 12.3. The number of hydrogen-bond acceptors (Lipinski definition) is 2. The molecule has 106 valence electrons. The second kappa shape index (κ2) is 8.18. The maximum atomic E-state index is 11.7. The van der Waals surface area contributed by atoms with Crippen molar-refractivity contribution < 1.29 is 4.79 Å². The Balaban J connectivity index is 0.00000180. The summed E-state index contributed by atoms with van der Waals surface area (Å²) in [4.78, 5) is 11.7. The number of rotatable bonds is 5. The molecule has 2 rings (SSSR count). The first-order valence-corrected chi connectivity index (χ1v) is 6.79. The van der Waals surface area contributed by atoms with Gasteiger partial charge >= 0.3 is 0 Å². The van der Waals surface area contributed by atoms with Crippen molar-refractivity contribution in [1.82, 2.24) is 10.6 Å². The average molecular weight is 283 g/mol. The zero-order valence-electron chi connectivity index (χ0n) is 11.4. The first-order chi connectivity index (χ1) is 8.74. The van der Waals surface area contributed by atoms with Crippen LogP contribution in [-0.2, 0) is 11.2 Å². The molecule has 0 saturated carbocycles. The Kier molecular flexibility index (Phi) is 6.89. The number of nitrogens with one attached hydrogen (secondary N) is 2. The monoisotopic (exact) mass is 282 g/mol. The summed E-state index contributed by atoms with van der Waals surface area (Å²) in [6, 6.07) is 8.83. The average Bonchev–Trinajstić information content (AvgIpc) is 2.87. The third-order valence-electron chi connectivity index (χ3n) is 3.43. The molecule has 0 bridgehead atoms. The van der Waals surface area contributed by atoms with E-state index in [2.05, 4.69) is 35.8 Å². The smallest absolute Gasteiger partial charge is 0.220 e. The molecule has 19 heavy (non-hydrogen) atoms. The molecule has 0 radical (unpaired) electrons. The van der Waals surface area contributed by atoms with Crippen LogP contribution in [-0.4, -0.2) is 25.0 Å². The Hall–Kier alpha value is -1.06. The van der Waals surface area contributed by atoms with Gasteiger partial charge in [0, 0.05) is 19.0 Å². The van der Waals surface area contributed by atoms with E-state index in [0.717, 1.165) is 19.5 Å². The highest BCUT2D eigenvalue weighted by atomic mass is 35.5. The molecule has 3 nitrogen and oxygen atoms in total. The van der Waals surface area contributed by atoms with Gasteiger partial charge in [0.1, 0.15) is 0 Å². The molecule has 1 aliphatic rings. The van der Waals surface area contributed by atoms with Gasteiger partial charge in [-0.1, -0.05) is 29.8 Å². The number of carbonyl (C=O) groups is 1. The van der Waals surface area contributed by atoms with Crippen LogP contribution in [0.1, 0.15) is 30.4 Å². The Bertz CT molecular complexity index is 403. The number of aryl methyl sites for hydroxylation is 2. The summed E-state index contributed by atoms with van der Waals surface area (Å²) in [5, 5.41) is 6.39. The van der Waals surface area contributed by atoms with Crippen molar-refractivity contribution >= 4 is 18.3 Å². The fourth-order valence-corrected chi connectivity index (χ4v) is 2.38. The lowest BCUT2D eigenvalue weighted by atomic mass is 10.1. The molecule has 1 atom stereocenters. The van der Waals surface area contributed by atoms with Crippen LogP contribution in [0.25, 0.3) is 0 Å². The van der Waals surface area contributed by atoms with E-state index in [1.807, 2.05) is 6.07 Å². The first kappa shape index (κ1) is 16.0. The molecule has 1 fully saturated rings. The highest BCUT2D eigenvalue weighted by Crippen LogP contribution is 2.07. The van der Waals surface area contributed by atoms with E-state index in [-0.39, 0.29) is 18.3 Å². The Morgan fingerprint density at radius 1 is 1.47 bits per heavy atom. The van der Waals surface area contributed by atoms with Gasteiger partial charge in [-0.2, -0.15) is 0 Å². The number of halogens is 1. The van der Waals surface area contributed by atoms with E-state index in [1.165, 1.54) is 24.0 Å². The summed E-state index contributed by atoms with van der Waals surface area (Å²) < 4.78 is 0. The van der Waals surface area contributed by atoms with Crippen molar-refractivity contribution in [3.8, 4) is 0 Å². The van der Waals surface area contributed by atoms with Crippen molar-refractivity contribution in [3.05, 3.63) is 35.4 Å². The minimum atomic E-state index is 0. The molecule has 1 aromatic carbocycles. The summed E-state index contributed by atoms with van der Waals surface area (Å²) in [5.74, 6) is 0.158. The quantitative estimate of drug-likeness (QED) is 0.869. The summed E-state index contributed by atoms with van der Waals surface area (Å²) >= 11 is 0. The van der Waals surface area contributed by atoms with Crippen LogP contribution in [0.3, 0.4) is 0 Å². The lowest BCUT2D eigenvalue weighted by molar-refractivity contribution is -0.121. The van der Waals surface area contributed by atoms with Gasteiger partial charge in [0.25, 0.3) is 0 Å². The van der Waals surface area contributed by atoms with E-state index < -0.39 is 0 Å². The van der Waals surface area contributed by atoms with Crippen LogP contribution in [0.15, 0.2) is 24.3 Å². The largest absolute Gasteiger partial charge is 0.355 e. The normalized spacial score (nSPS) is 17.8. The highest BCUT2D eigenvalue weighted by Gasteiger charge is 2.14. The summed E-state index contributed by atoms with van der Waals surface area (Å²) in [6.45, 7) is 3.94. The van der Waals surface area contributed by atoms with Crippen LogP contribution in [0.5, 0.6) is 0 Å². The molecule has 1 saturated heterocycles. The molecule has 2 N–H and O–H groups in total. The molecule has 1 aromatic rings. The fourth-order valence-electron chi connectivity index (χ4n) is 2.38. The number of carbonyl (C=O) groups excluding carboxylic acids is 1. The SMILES string of the molecule is Cc1cccc(CCC(=O)NCC2CCCN2)c1.Cl. The molecule has 0 aromatic heterocycles. The number of benzene rings is 1. The van der Waals surface area contributed by atoms with Crippen LogP contribution < -0.4 is 10.6 Å². The van der Waals surface area contributed by atoms with Crippen molar-refractivity contribution in [1.29, 1.82) is 0 Å². The topological polar surface area (TPSA) is 41.1 Å². The summed E-state index contributed by atoms with van der Waals surface area (Å²) in [7, 11) is 0. The maximum Gasteiger partial charge on any atom is 0.220 e. The van der Waals surface area contributed by atoms with Gasteiger partial charge in [-0.05, 0) is 38.3 Å². The van der Waals surface area contributed by atoms with Gasteiger partial charge in [-0.3, -0.25) is 4.79 Å². The van der Waals surface area contributed by atoms with E-state index in [1.54, 1.807) is 0 Å². The fraction of sp³-hybridized carbons (Fsp3) is 0.533. The van der Waals surface area contributed by atoms with E-state index in [4.69, 9.17) is 0 Å². The van der Waals surface area contributed by atoms with Crippen molar-refractivity contribution in [2.24, 2.45) is 0 Å². The van der Waals surface area contributed by atoms with Gasteiger partial charge < -0.3 is 10.6 Å². The van der Waals surface area contributed by atoms with E-state index >= 15 is 0 Å². The minimum Gasteiger partial charge on any atom is -0.355 e. The predicted octanol–water partition coefficient (Wildman–Crippen LogP) is 2.22. The standard InChI is InChI=1S/C15H22N2O.ClH/c1-12-4-2-5-13(10-12)7-8-15(18)17-11-14-6-3-9-16-14;/h2,4-5,10,14,16H,3,6-9,11H2,1H3,(H,17,18);1H. The molecule has 1 aliphatic heterocycles. The summed E-state index contributed by atoms with van der Waals surface area (Å²) in [6.07, 6.45) is 3.81. The second-order valence-electron chi connectivity index (χ2n) is 5.09. The second-order valence-corrected chi connectivity index (χ2v) is 5.09. The molecule has 1 amide bonds. The predicted molar refractivity (Wildman–Crippen MR) is 80.8 cm³/mol. The number of amides is 1. The van der Waals surface area contributed by atoms with Crippen LogP contribution in [0, 0.1) is 6.92 Å². The van der Waals surface area contributed by atoms with Crippen LogP contribution >= 0.6 is 12.4 Å². The molecular formula is C15H23ClN2O. The number of hydrogen-bond donors (Lipinski definition) is 2. The van der Waals surface area contributed by atoms with Gasteiger partial charge in [0.15, 0.2) is 0 Å². The molecule has 1 heterocycles. The molecule has 0 aliphatic carbocycles. The van der Waals surface area contributed by atoms with Gasteiger partial charge in [0.2, 0.25) is 5.91 Å². The van der Waals surface area contributed by atoms with Crippen molar-refractivity contribution in [2.75, 3.05) is 13.1 Å². The third kappa shape index (κ3) is 5.62. The highest BCUT2D eigenvalue weighted by molar-refractivity contribution is 5.85. The first-order valence-electron chi connectivity index (χ1n) is 6.79. The molecule has 0 spiro atoms. The van der Waals surface area contributed by atoms with Gasteiger partial charge in [0.05, 0.1) is 0 Å². The van der Waals surface area contributed by atoms with Gasteiger partial charge in [-0.15, -0.1) is 12.4 Å². The Morgan fingerprint density at radius 2 is 2.32 bits per heavy atom. The van der Waals surface area contributed by atoms with Crippen molar-refractivity contribution in [2.45, 2.75) is 38.6 Å². The van der Waals surface area contributed by atoms with E-state index in [9.17, 15) is 4.79 Å². The van der Waals surface area contributed by atoms with Gasteiger partial charge in [-0.25, -0.2) is 0 Å².